The molecule has 1 aliphatic carbocycles. The van der Waals surface area contributed by atoms with Crippen LogP contribution in [0.25, 0.3) is 0 Å². The highest BCUT2D eigenvalue weighted by atomic mass is 16.7. The van der Waals surface area contributed by atoms with Gasteiger partial charge in [0.25, 0.3) is 0 Å². The lowest BCUT2D eigenvalue weighted by molar-refractivity contribution is -0.148. The number of hydrogen-bond donors (Lipinski definition) is 3. The summed E-state index contributed by atoms with van der Waals surface area (Å²) in [5.41, 5.74) is 6.39. The van der Waals surface area contributed by atoms with Gasteiger partial charge < -0.3 is 21.0 Å². The van der Waals surface area contributed by atoms with Gasteiger partial charge in [-0.15, -0.1) is 0 Å². The molecule has 2 atom stereocenters. The van der Waals surface area contributed by atoms with E-state index in [1.54, 1.807) is 24.3 Å². The van der Waals surface area contributed by atoms with Crippen LogP contribution < -0.4 is 11.1 Å². The summed E-state index contributed by atoms with van der Waals surface area (Å²) in [7, 11) is 0. The number of amides is 1. The molecule has 0 spiro atoms. The maximum absolute atomic E-state index is 11.9. The molecule has 0 unspecified atom stereocenters. The van der Waals surface area contributed by atoms with Crippen molar-refractivity contribution in [3.05, 3.63) is 35.9 Å². The molecule has 1 aliphatic rings. The second-order valence-corrected chi connectivity index (χ2v) is 4.91. The van der Waals surface area contributed by atoms with Crippen molar-refractivity contribution in [3.63, 3.8) is 0 Å². The number of nitrogens with two attached hydrogens (primary N) is 1. The third kappa shape index (κ3) is 4.20. The molecule has 1 amide bonds. The van der Waals surface area contributed by atoms with Crippen molar-refractivity contribution in [2.24, 2.45) is 16.8 Å². The summed E-state index contributed by atoms with van der Waals surface area (Å²) in [5.74, 6) is -0.708. The summed E-state index contributed by atoms with van der Waals surface area (Å²) in [6.45, 7) is 0. The Kier molecular flexibility index (Phi) is 4.76. The number of nitrogens with zero attached hydrogens (tertiary/aromatic N) is 1. The van der Waals surface area contributed by atoms with Crippen LogP contribution in [0, 0.1) is 5.92 Å². The normalized spacial score (nSPS) is 21.8. The molecule has 1 fully saturated rings. The Labute approximate surface area is 121 Å². The second-order valence-electron chi connectivity index (χ2n) is 4.91. The first-order valence-electron chi connectivity index (χ1n) is 6.65. The minimum atomic E-state index is -1.08. The monoisotopic (exact) mass is 291 g/mol. The summed E-state index contributed by atoms with van der Waals surface area (Å²) in [6, 6.07) is 8.76. The largest absolute Gasteiger partial charge is 0.465 e. The van der Waals surface area contributed by atoms with Crippen molar-refractivity contribution >= 4 is 17.9 Å². The van der Waals surface area contributed by atoms with Crippen LogP contribution in [0.5, 0.6) is 0 Å². The SMILES string of the molecule is NC(=NOC(=O)[C@H]1CC[C@H](NC(=O)O)C1)c1ccccc1. The molecule has 112 valence electrons. The molecule has 0 heterocycles. The van der Waals surface area contributed by atoms with Crippen LogP contribution in [0.4, 0.5) is 4.79 Å². The van der Waals surface area contributed by atoms with Crippen molar-refractivity contribution in [1.82, 2.24) is 5.32 Å². The topological polar surface area (TPSA) is 114 Å². The van der Waals surface area contributed by atoms with E-state index in [0.29, 0.717) is 24.8 Å². The first-order valence-corrected chi connectivity index (χ1v) is 6.65. The van der Waals surface area contributed by atoms with Gasteiger partial charge in [0.15, 0.2) is 5.84 Å². The number of carbonyl (C=O) groups excluding carboxylic acids is 1. The zero-order valence-electron chi connectivity index (χ0n) is 11.4. The number of amidine groups is 1. The van der Waals surface area contributed by atoms with Gasteiger partial charge in [-0.05, 0) is 19.3 Å². The first kappa shape index (κ1) is 14.8. The van der Waals surface area contributed by atoms with Crippen molar-refractivity contribution in [2.75, 3.05) is 0 Å². The number of benzene rings is 1. The molecule has 21 heavy (non-hydrogen) atoms. The quantitative estimate of drug-likeness (QED) is 0.335. The number of nitrogens with one attached hydrogen (secondary N) is 1. The molecule has 7 nitrogen and oxygen atoms in total. The summed E-state index contributed by atoms with van der Waals surface area (Å²) < 4.78 is 0. The maximum atomic E-state index is 11.9. The molecule has 0 aliphatic heterocycles. The Morgan fingerprint density at radius 2 is 2.00 bits per heavy atom. The van der Waals surface area contributed by atoms with Crippen LogP contribution in [-0.4, -0.2) is 29.0 Å². The van der Waals surface area contributed by atoms with Crippen molar-refractivity contribution in [3.8, 4) is 0 Å². The number of carbonyl (C=O) groups is 2. The number of hydrogen-bond acceptors (Lipinski definition) is 4. The first-order chi connectivity index (χ1) is 10.1. The standard InChI is InChI=1S/C14H17N3O4/c15-12(9-4-2-1-3-5-9)17-21-13(18)10-6-7-11(8-10)16-14(19)20/h1-5,10-11,16H,6-8H2,(H2,15,17)(H,19,20)/t10-,11-/m0/s1. The van der Waals surface area contributed by atoms with Crippen LogP contribution in [0.2, 0.25) is 0 Å². The van der Waals surface area contributed by atoms with Crippen LogP contribution in [0.3, 0.4) is 0 Å². The van der Waals surface area contributed by atoms with Crippen LogP contribution in [0.1, 0.15) is 24.8 Å². The molecule has 0 aromatic heterocycles. The number of rotatable bonds is 4. The fourth-order valence-corrected chi connectivity index (χ4v) is 2.33. The predicted octanol–water partition coefficient (Wildman–Crippen LogP) is 1.29. The van der Waals surface area contributed by atoms with Gasteiger partial charge in [0, 0.05) is 11.6 Å². The minimum Gasteiger partial charge on any atom is -0.465 e. The second kappa shape index (κ2) is 6.74. The van der Waals surface area contributed by atoms with E-state index < -0.39 is 12.1 Å². The molecule has 1 aromatic carbocycles. The van der Waals surface area contributed by atoms with E-state index in [1.807, 2.05) is 6.07 Å². The van der Waals surface area contributed by atoms with E-state index >= 15 is 0 Å². The van der Waals surface area contributed by atoms with E-state index in [2.05, 4.69) is 10.5 Å². The lowest BCUT2D eigenvalue weighted by Crippen LogP contribution is -2.31. The smallest absolute Gasteiger partial charge is 0.404 e. The van der Waals surface area contributed by atoms with E-state index in [9.17, 15) is 9.59 Å². The average Bonchev–Trinajstić information content (AvgIpc) is 2.93. The fourth-order valence-electron chi connectivity index (χ4n) is 2.33. The molecule has 0 bridgehead atoms. The zero-order chi connectivity index (χ0) is 15.2. The highest BCUT2D eigenvalue weighted by molar-refractivity contribution is 5.97. The predicted molar refractivity (Wildman–Crippen MR) is 75.5 cm³/mol. The molecule has 7 heteroatoms. The number of carboxylic acid groups (broad SMARTS) is 1. The van der Waals surface area contributed by atoms with Gasteiger partial charge >= 0.3 is 12.1 Å². The zero-order valence-corrected chi connectivity index (χ0v) is 11.4. The third-order valence-corrected chi connectivity index (χ3v) is 3.40. The molecular weight excluding hydrogens is 274 g/mol. The number of oxime groups is 1. The fraction of sp³-hybridized carbons (Fsp3) is 0.357. The molecule has 1 aromatic rings. The lowest BCUT2D eigenvalue weighted by atomic mass is 10.1. The van der Waals surface area contributed by atoms with Crippen molar-refractivity contribution in [2.45, 2.75) is 25.3 Å². The summed E-state index contributed by atoms with van der Waals surface area (Å²) in [4.78, 5) is 27.2. The van der Waals surface area contributed by atoms with Gasteiger partial charge in [0.1, 0.15) is 0 Å². The maximum Gasteiger partial charge on any atom is 0.404 e. The van der Waals surface area contributed by atoms with Gasteiger partial charge in [-0.3, -0.25) is 0 Å². The Morgan fingerprint density at radius 1 is 1.29 bits per heavy atom. The van der Waals surface area contributed by atoms with Gasteiger partial charge in [-0.1, -0.05) is 35.5 Å². The Morgan fingerprint density at radius 3 is 2.67 bits per heavy atom. The van der Waals surface area contributed by atoms with E-state index in [1.165, 1.54) is 0 Å². The third-order valence-electron chi connectivity index (χ3n) is 3.40. The molecule has 1 saturated carbocycles. The van der Waals surface area contributed by atoms with Crippen LogP contribution in [-0.2, 0) is 9.63 Å². The summed E-state index contributed by atoms with van der Waals surface area (Å²) in [6.07, 6.45) is 0.528. The van der Waals surface area contributed by atoms with E-state index in [0.717, 1.165) is 0 Å². The van der Waals surface area contributed by atoms with Gasteiger partial charge in [0.05, 0.1) is 5.92 Å². The van der Waals surface area contributed by atoms with E-state index in [4.69, 9.17) is 15.7 Å². The Hall–Kier alpha value is -2.57. The Balaban J connectivity index is 1.87. The molecule has 2 rings (SSSR count). The van der Waals surface area contributed by atoms with Crippen LogP contribution >= 0.6 is 0 Å². The highest BCUT2D eigenvalue weighted by Crippen LogP contribution is 2.26. The molecule has 0 saturated heterocycles. The van der Waals surface area contributed by atoms with Gasteiger partial charge in [-0.2, -0.15) is 0 Å². The summed E-state index contributed by atoms with van der Waals surface area (Å²) in [5, 5.41) is 14.6. The molecule has 4 N–H and O–H groups in total. The molecular formula is C14H17N3O4. The van der Waals surface area contributed by atoms with Crippen LogP contribution in [0.15, 0.2) is 35.5 Å². The van der Waals surface area contributed by atoms with Crippen molar-refractivity contribution < 1.29 is 19.5 Å². The van der Waals surface area contributed by atoms with Gasteiger partial charge in [-0.25, -0.2) is 9.59 Å². The minimum absolute atomic E-state index is 0.127. The van der Waals surface area contributed by atoms with Gasteiger partial charge in [0.2, 0.25) is 0 Å². The average molecular weight is 291 g/mol. The Bertz CT molecular complexity index is 544. The molecule has 0 radical (unpaired) electrons. The summed E-state index contributed by atoms with van der Waals surface area (Å²) >= 11 is 0. The lowest BCUT2D eigenvalue weighted by Gasteiger charge is -2.09. The highest BCUT2D eigenvalue weighted by Gasteiger charge is 2.32. The van der Waals surface area contributed by atoms with E-state index in [-0.39, 0.29) is 17.8 Å². The van der Waals surface area contributed by atoms with Crippen molar-refractivity contribution in [1.29, 1.82) is 0 Å².